The van der Waals surface area contributed by atoms with Crippen LogP contribution in [0.3, 0.4) is 0 Å². The third kappa shape index (κ3) is 5.59. The number of carbonyl (C=O) groups is 1. The van der Waals surface area contributed by atoms with E-state index in [1.54, 1.807) is 0 Å². The lowest BCUT2D eigenvalue weighted by Crippen LogP contribution is -2.58. The molecule has 0 saturated heterocycles. The van der Waals surface area contributed by atoms with Gasteiger partial charge in [-0.25, -0.2) is 10.2 Å². The van der Waals surface area contributed by atoms with Crippen molar-refractivity contribution >= 4 is 12.2 Å². The molecule has 2 aromatic rings. The maximum atomic E-state index is 13.2. The number of hydrogen-bond donors (Lipinski definition) is 2. The fourth-order valence-electron chi connectivity index (χ4n) is 2.22. The van der Waals surface area contributed by atoms with E-state index in [4.69, 9.17) is 14.6 Å². The summed E-state index contributed by atoms with van der Waals surface area (Å²) in [6.07, 6.45) is -5.88. The zero-order valence-corrected chi connectivity index (χ0v) is 16.1. The van der Waals surface area contributed by atoms with Crippen LogP contribution in [0.1, 0.15) is 21.5 Å². The van der Waals surface area contributed by atoms with Crippen LogP contribution in [0.4, 0.5) is 30.7 Å². The van der Waals surface area contributed by atoms with E-state index in [1.165, 1.54) is 49.6 Å². The summed E-state index contributed by atoms with van der Waals surface area (Å²) in [6, 6.07) is 3.94. The first-order chi connectivity index (χ1) is 14.8. The van der Waals surface area contributed by atoms with Crippen LogP contribution in [0.2, 0.25) is 0 Å². The predicted octanol–water partition coefficient (Wildman–Crippen LogP) is 4.69. The molecule has 0 spiro atoms. The summed E-state index contributed by atoms with van der Waals surface area (Å²) in [4.78, 5) is 10.8. The highest BCUT2D eigenvalue weighted by atomic mass is 19.4. The lowest BCUT2D eigenvalue weighted by atomic mass is 10.1. The van der Waals surface area contributed by atoms with Crippen LogP contribution < -0.4 is 14.9 Å². The molecule has 0 atom stereocenters. The molecule has 174 valence electrons. The van der Waals surface area contributed by atoms with Crippen LogP contribution in [-0.4, -0.2) is 42.5 Å². The summed E-state index contributed by atoms with van der Waals surface area (Å²) >= 11 is 0. The quantitative estimate of drug-likeness (QED) is 0.242. The average molecular weight is 468 g/mol. The SMILES string of the molecule is COc1cc(/C=N/NC(F)(F)C(F)(F)C(F)(F)F)ccc1OCc1ccc(C(=O)O)cc1. The Balaban J connectivity index is 2.07. The Morgan fingerprint density at radius 2 is 1.66 bits per heavy atom. The third-order valence-corrected chi connectivity index (χ3v) is 3.95. The highest BCUT2D eigenvalue weighted by molar-refractivity contribution is 5.87. The van der Waals surface area contributed by atoms with E-state index < -0.39 is 24.1 Å². The van der Waals surface area contributed by atoms with Gasteiger partial charge in [-0.15, -0.1) is 0 Å². The number of nitrogens with one attached hydrogen (secondary N) is 1. The first-order valence-electron chi connectivity index (χ1n) is 8.54. The standard InChI is InChI=1S/C19H15F7N2O4/c1-31-15-8-12(9-27-28-19(25,26)17(20,21)18(22,23)24)4-7-14(15)32-10-11-2-5-13(6-3-11)16(29)30/h2-9,28H,10H2,1H3,(H,29,30)/b27-9+. The predicted molar refractivity (Wildman–Crippen MR) is 97.4 cm³/mol. The van der Waals surface area contributed by atoms with Gasteiger partial charge in [0, 0.05) is 0 Å². The highest BCUT2D eigenvalue weighted by Crippen LogP contribution is 2.45. The number of alkyl halides is 7. The van der Waals surface area contributed by atoms with Gasteiger partial charge in [-0.05, 0) is 41.5 Å². The Kier molecular flexibility index (Phi) is 7.21. The summed E-state index contributed by atoms with van der Waals surface area (Å²) in [6.45, 7) is 0.0179. The largest absolute Gasteiger partial charge is 0.493 e. The molecule has 13 heteroatoms. The third-order valence-electron chi connectivity index (χ3n) is 3.95. The van der Waals surface area contributed by atoms with Crippen molar-refractivity contribution in [3.8, 4) is 11.5 Å². The van der Waals surface area contributed by atoms with Crippen molar-refractivity contribution < 1.29 is 50.1 Å². The monoisotopic (exact) mass is 468 g/mol. The lowest BCUT2D eigenvalue weighted by Gasteiger charge is -2.27. The molecular formula is C19H15F7N2O4. The van der Waals surface area contributed by atoms with Gasteiger partial charge in [0.2, 0.25) is 0 Å². The second-order valence-corrected chi connectivity index (χ2v) is 6.22. The molecule has 0 saturated carbocycles. The second-order valence-electron chi connectivity index (χ2n) is 6.22. The number of nitrogens with zero attached hydrogens (tertiary/aromatic N) is 1. The van der Waals surface area contributed by atoms with Crippen LogP contribution in [0.15, 0.2) is 47.6 Å². The normalized spacial score (nSPS) is 12.6. The maximum absolute atomic E-state index is 13.2. The van der Waals surface area contributed by atoms with Crippen LogP contribution in [0, 0.1) is 0 Å². The molecule has 2 N–H and O–H groups in total. The Morgan fingerprint density at radius 1 is 1.03 bits per heavy atom. The van der Waals surface area contributed by atoms with Gasteiger partial charge in [0.05, 0.1) is 18.9 Å². The van der Waals surface area contributed by atoms with E-state index in [0.29, 0.717) is 17.2 Å². The highest BCUT2D eigenvalue weighted by Gasteiger charge is 2.73. The Labute approximate surface area is 176 Å². The first kappa shape index (κ1) is 24.8. The number of carboxylic acid groups (broad SMARTS) is 1. The molecule has 0 aliphatic heterocycles. The van der Waals surface area contributed by atoms with Gasteiger partial charge >= 0.3 is 24.1 Å². The molecule has 2 rings (SSSR count). The van der Waals surface area contributed by atoms with E-state index in [-0.39, 0.29) is 29.2 Å². The van der Waals surface area contributed by atoms with Crippen LogP contribution in [0.5, 0.6) is 11.5 Å². The van der Waals surface area contributed by atoms with E-state index in [9.17, 15) is 35.5 Å². The number of rotatable bonds is 9. The van der Waals surface area contributed by atoms with Crippen molar-refractivity contribution in [2.45, 2.75) is 24.8 Å². The molecule has 0 heterocycles. The topological polar surface area (TPSA) is 80.1 Å². The number of hydrazone groups is 1. The summed E-state index contributed by atoms with van der Waals surface area (Å²) in [5.41, 5.74) is 1.25. The molecule has 0 aliphatic rings. The number of carboxylic acids is 1. The first-order valence-corrected chi connectivity index (χ1v) is 8.54. The van der Waals surface area contributed by atoms with Gasteiger partial charge < -0.3 is 14.6 Å². The lowest BCUT2D eigenvalue weighted by molar-refractivity contribution is -0.361. The molecule has 0 unspecified atom stereocenters. The zero-order valence-electron chi connectivity index (χ0n) is 16.1. The van der Waals surface area contributed by atoms with Crippen molar-refractivity contribution in [2.24, 2.45) is 5.10 Å². The number of halogens is 7. The smallest absolute Gasteiger partial charge is 0.462 e. The second kappa shape index (κ2) is 9.32. The van der Waals surface area contributed by atoms with E-state index >= 15 is 0 Å². The van der Waals surface area contributed by atoms with Crippen molar-refractivity contribution in [3.63, 3.8) is 0 Å². The number of hydrogen-bond acceptors (Lipinski definition) is 5. The van der Waals surface area contributed by atoms with Gasteiger partial charge in [-0.2, -0.15) is 35.8 Å². The summed E-state index contributed by atoms with van der Waals surface area (Å²) in [7, 11) is 1.25. The summed E-state index contributed by atoms with van der Waals surface area (Å²) in [5.74, 6) is -7.15. The van der Waals surface area contributed by atoms with Gasteiger partial charge in [-0.3, -0.25) is 0 Å². The van der Waals surface area contributed by atoms with Crippen molar-refractivity contribution in [1.29, 1.82) is 0 Å². The number of aromatic carboxylic acids is 1. The fourth-order valence-corrected chi connectivity index (χ4v) is 2.22. The molecule has 6 nitrogen and oxygen atoms in total. The van der Waals surface area contributed by atoms with Crippen molar-refractivity contribution in [1.82, 2.24) is 5.43 Å². The fraction of sp³-hybridized carbons (Fsp3) is 0.263. The molecule has 0 bridgehead atoms. The molecule has 2 aromatic carbocycles. The summed E-state index contributed by atoms with van der Waals surface area (Å²) in [5, 5.41) is 11.6. The average Bonchev–Trinajstić information content (AvgIpc) is 2.71. The number of benzene rings is 2. The summed E-state index contributed by atoms with van der Waals surface area (Å²) < 4.78 is 98.9. The maximum Gasteiger partial charge on any atom is 0.462 e. The number of ether oxygens (including phenoxy) is 2. The van der Waals surface area contributed by atoms with Crippen LogP contribution in [-0.2, 0) is 6.61 Å². The van der Waals surface area contributed by atoms with E-state index in [0.717, 1.165) is 0 Å². The minimum Gasteiger partial charge on any atom is -0.493 e. The van der Waals surface area contributed by atoms with Gasteiger partial charge in [0.25, 0.3) is 0 Å². The van der Waals surface area contributed by atoms with Gasteiger partial charge in [0.1, 0.15) is 6.61 Å². The van der Waals surface area contributed by atoms with Gasteiger partial charge in [-0.1, -0.05) is 12.1 Å². The molecule has 0 radical (unpaired) electrons. The Bertz CT molecular complexity index is 977. The van der Waals surface area contributed by atoms with Crippen molar-refractivity contribution in [3.05, 3.63) is 59.2 Å². The van der Waals surface area contributed by atoms with E-state index in [2.05, 4.69) is 5.10 Å². The zero-order chi connectivity index (χ0) is 24.2. The molecule has 0 fully saturated rings. The van der Waals surface area contributed by atoms with Crippen LogP contribution in [0.25, 0.3) is 0 Å². The molecule has 0 aliphatic carbocycles. The van der Waals surface area contributed by atoms with E-state index in [1.807, 2.05) is 0 Å². The molecular weight excluding hydrogens is 453 g/mol. The molecule has 32 heavy (non-hydrogen) atoms. The van der Waals surface area contributed by atoms with Gasteiger partial charge in [0.15, 0.2) is 11.5 Å². The van der Waals surface area contributed by atoms with Crippen molar-refractivity contribution in [2.75, 3.05) is 7.11 Å². The minimum atomic E-state index is -6.48. The minimum absolute atomic E-state index is 0.0179. The molecule has 0 amide bonds. The van der Waals surface area contributed by atoms with Crippen LogP contribution >= 0.6 is 0 Å². The Morgan fingerprint density at radius 3 is 2.19 bits per heavy atom. The number of methoxy groups -OCH3 is 1. The molecule has 0 aromatic heterocycles. The Hall–Kier alpha value is -3.51.